The largest absolute Gasteiger partial charge is 0.508 e. The molecule has 0 saturated heterocycles. The lowest BCUT2D eigenvalue weighted by molar-refractivity contribution is -0.141. The molecule has 0 aliphatic rings. The second-order valence-electron chi connectivity index (χ2n) is 6.81. The van der Waals surface area contributed by atoms with Crippen molar-refractivity contribution in [1.82, 2.24) is 5.32 Å². The van der Waals surface area contributed by atoms with E-state index < -0.39 is 23.5 Å². The van der Waals surface area contributed by atoms with Crippen molar-refractivity contribution in [3.8, 4) is 5.75 Å². The van der Waals surface area contributed by atoms with Crippen molar-refractivity contribution in [1.29, 1.82) is 0 Å². The van der Waals surface area contributed by atoms with Crippen LogP contribution < -0.4 is 10.9 Å². The minimum absolute atomic E-state index is 0.0198. The molecule has 8 heteroatoms. The summed E-state index contributed by atoms with van der Waals surface area (Å²) >= 11 is 1.41. The zero-order valence-corrected chi connectivity index (χ0v) is 17.1. The Morgan fingerprint density at radius 2 is 1.90 bits per heavy atom. The fraction of sp³-hybridized carbons (Fsp3) is 0.227. The summed E-state index contributed by atoms with van der Waals surface area (Å²) in [5.74, 6) is -0.815. The standard InChI is InChI=1S/C22H21NO6S/c1-13-18(24)8-7-16-15(10-20(26)29-21(13)16)9-19(25)23-17(22(27)28)12-30-11-14-5-3-2-4-6-14/h2-8,10,17,24H,9,11-12H2,1H3,(H,23,25)(H,27,28). The van der Waals surface area contributed by atoms with E-state index in [9.17, 15) is 24.6 Å². The number of carboxylic acid groups (broad SMARTS) is 1. The summed E-state index contributed by atoms with van der Waals surface area (Å²) in [6.45, 7) is 1.61. The molecular weight excluding hydrogens is 406 g/mol. The molecule has 1 atom stereocenters. The molecule has 3 rings (SSSR count). The van der Waals surface area contributed by atoms with Crippen molar-refractivity contribution < 1.29 is 24.2 Å². The number of carbonyl (C=O) groups is 2. The van der Waals surface area contributed by atoms with Crippen molar-refractivity contribution in [3.05, 3.63) is 75.6 Å². The lowest BCUT2D eigenvalue weighted by Crippen LogP contribution is -2.43. The van der Waals surface area contributed by atoms with Crippen molar-refractivity contribution >= 4 is 34.6 Å². The van der Waals surface area contributed by atoms with Crippen molar-refractivity contribution in [2.75, 3.05) is 5.75 Å². The lowest BCUT2D eigenvalue weighted by Gasteiger charge is -2.15. The monoisotopic (exact) mass is 427 g/mol. The van der Waals surface area contributed by atoms with Gasteiger partial charge in [0.2, 0.25) is 5.91 Å². The third kappa shape index (κ3) is 5.21. The molecule has 1 amide bonds. The molecule has 3 N–H and O–H groups in total. The molecule has 0 aliphatic heterocycles. The van der Waals surface area contributed by atoms with E-state index in [0.717, 1.165) is 5.56 Å². The molecule has 0 aliphatic carbocycles. The van der Waals surface area contributed by atoms with Crippen LogP contribution in [0.4, 0.5) is 0 Å². The zero-order chi connectivity index (χ0) is 21.7. The lowest BCUT2D eigenvalue weighted by atomic mass is 10.0. The topological polar surface area (TPSA) is 117 Å². The number of amides is 1. The number of phenolic OH excluding ortho intramolecular Hbond substituents is 1. The van der Waals surface area contributed by atoms with Crippen LogP contribution in [0, 0.1) is 6.92 Å². The van der Waals surface area contributed by atoms with E-state index >= 15 is 0 Å². The third-order valence-corrected chi connectivity index (χ3v) is 5.70. The molecule has 1 aromatic heterocycles. The van der Waals surface area contributed by atoms with Gasteiger partial charge in [0.1, 0.15) is 17.4 Å². The minimum Gasteiger partial charge on any atom is -0.508 e. The quantitative estimate of drug-likeness (QED) is 0.473. The predicted molar refractivity (Wildman–Crippen MR) is 115 cm³/mol. The van der Waals surface area contributed by atoms with E-state index in [-0.39, 0.29) is 23.5 Å². The van der Waals surface area contributed by atoms with Crippen molar-refractivity contribution in [2.24, 2.45) is 0 Å². The van der Waals surface area contributed by atoms with Gasteiger partial charge in [-0.3, -0.25) is 4.79 Å². The number of phenols is 1. The van der Waals surface area contributed by atoms with Crippen LogP contribution in [0.1, 0.15) is 16.7 Å². The molecule has 156 valence electrons. The molecule has 0 bridgehead atoms. The third-order valence-electron chi connectivity index (χ3n) is 4.60. The normalized spacial score (nSPS) is 11.9. The van der Waals surface area contributed by atoms with Crippen molar-refractivity contribution in [2.45, 2.75) is 25.1 Å². The maximum Gasteiger partial charge on any atom is 0.336 e. The highest BCUT2D eigenvalue weighted by molar-refractivity contribution is 7.98. The van der Waals surface area contributed by atoms with Crippen LogP contribution in [-0.2, 0) is 21.8 Å². The number of aromatic hydroxyl groups is 1. The number of rotatable bonds is 8. The van der Waals surface area contributed by atoms with Gasteiger partial charge in [0.25, 0.3) is 0 Å². The first-order chi connectivity index (χ1) is 14.3. The van der Waals surface area contributed by atoms with Gasteiger partial charge < -0.3 is 19.9 Å². The SMILES string of the molecule is Cc1c(O)ccc2c(CC(=O)NC(CSCc3ccccc3)C(=O)O)cc(=O)oc12. The van der Waals surface area contributed by atoms with E-state index in [1.54, 1.807) is 13.0 Å². The van der Waals surface area contributed by atoms with Crippen molar-refractivity contribution in [3.63, 3.8) is 0 Å². The fourth-order valence-corrected chi connectivity index (χ4v) is 4.03. The van der Waals surface area contributed by atoms with E-state index in [1.807, 2.05) is 30.3 Å². The summed E-state index contributed by atoms with van der Waals surface area (Å²) in [5, 5.41) is 22.3. The number of nitrogens with one attached hydrogen (secondary N) is 1. The molecular formula is C22H21NO6S. The highest BCUT2D eigenvalue weighted by Gasteiger charge is 2.21. The van der Waals surface area contributed by atoms with E-state index in [4.69, 9.17) is 4.42 Å². The second kappa shape index (κ2) is 9.49. The van der Waals surface area contributed by atoms with Crippen LogP contribution in [0.2, 0.25) is 0 Å². The molecule has 1 heterocycles. The maximum absolute atomic E-state index is 12.5. The van der Waals surface area contributed by atoms with Crippen LogP contribution in [0.3, 0.4) is 0 Å². The summed E-state index contributed by atoms with van der Waals surface area (Å²) in [5.41, 5.74) is 1.43. The first-order valence-electron chi connectivity index (χ1n) is 9.24. The Bertz CT molecular complexity index is 1130. The molecule has 0 radical (unpaired) electrons. The van der Waals surface area contributed by atoms with Crippen LogP contribution >= 0.6 is 11.8 Å². The summed E-state index contributed by atoms with van der Waals surface area (Å²) in [7, 11) is 0. The van der Waals surface area contributed by atoms with E-state index in [2.05, 4.69) is 5.32 Å². The maximum atomic E-state index is 12.5. The number of benzene rings is 2. The number of fused-ring (bicyclic) bond motifs is 1. The molecule has 1 unspecified atom stereocenters. The Morgan fingerprint density at radius 3 is 2.60 bits per heavy atom. The number of aryl methyl sites for hydroxylation is 1. The van der Waals surface area contributed by atoms with Gasteiger partial charge in [-0.1, -0.05) is 30.3 Å². The molecule has 3 aromatic rings. The van der Waals surface area contributed by atoms with E-state index in [0.29, 0.717) is 22.3 Å². The highest BCUT2D eigenvalue weighted by atomic mass is 32.2. The summed E-state index contributed by atoms with van der Waals surface area (Å²) < 4.78 is 5.17. The molecule has 0 saturated carbocycles. The summed E-state index contributed by atoms with van der Waals surface area (Å²) in [4.78, 5) is 35.9. The van der Waals surface area contributed by atoms with Gasteiger partial charge in [0.05, 0.1) is 6.42 Å². The summed E-state index contributed by atoms with van der Waals surface area (Å²) in [6, 6.07) is 12.8. The Hall–Kier alpha value is -3.26. The van der Waals surface area contributed by atoms with E-state index in [1.165, 1.54) is 23.9 Å². The van der Waals surface area contributed by atoms with Gasteiger partial charge in [-0.2, -0.15) is 11.8 Å². The molecule has 0 fully saturated rings. The Balaban J connectivity index is 1.69. The predicted octanol–water partition coefficient (Wildman–Crippen LogP) is 2.85. The van der Waals surface area contributed by atoms with Gasteiger partial charge in [-0.25, -0.2) is 9.59 Å². The number of carboxylic acids is 1. The summed E-state index contributed by atoms with van der Waals surface area (Å²) in [6.07, 6.45) is -0.181. The number of hydrogen-bond donors (Lipinski definition) is 3. The van der Waals surface area contributed by atoms with Crippen LogP contribution in [0.15, 0.2) is 57.7 Å². The Labute approximate surface area is 176 Å². The first kappa shape index (κ1) is 21.4. The van der Waals surface area contributed by atoms with Crippen LogP contribution in [-0.4, -0.2) is 33.9 Å². The average Bonchev–Trinajstić information content (AvgIpc) is 2.71. The van der Waals surface area contributed by atoms with Gasteiger partial charge in [-0.05, 0) is 30.2 Å². The zero-order valence-electron chi connectivity index (χ0n) is 16.3. The van der Waals surface area contributed by atoms with Gasteiger partial charge >= 0.3 is 11.6 Å². The molecule has 2 aromatic carbocycles. The number of hydrogen-bond acceptors (Lipinski definition) is 6. The molecule has 0 spiro atoms. The van der Waals surface area contributed by atoms with Gasteiger partial charge in [0, 0.05) is 28.5 Å². The number of aliphatic carboxylic acids is 1. The van der Waals surface area contributed by atoms with Gasteiger partial charge in [0.15, 0.2) is 0 Å². The smallest absolute Gasteiger partial charge is 0.336 e. The Morgan fingerprint density at radius 1 is 1.17 bits per heavy atom. The minimum atomic E-state index is -1.12. The second-order valence-corrected chi connectivity index (χ2v) is 7.84. The van der Waals surface area contributed by atoms with Gasteiger partial charge in [-0.15, -0.1) is 0 Å². The average molecular weight is 427 g/mol. The Kier molecular flexibility index (Phi) is 6.79. The highest BCUT2D eigenvalue weighted by Crippen LogP contribution is 2.27. The number of carbonyl (C=O) groups excluding carboxylic acids is 1. The fourth-order valence-electron chi connectivity index (χ4n) is 3.02. The number of thioether (sulfide) groups is 1. The molecule has 30 heavy (non-hydrogen) atoms. The van der Waals surface area contributed by atoms with Crippen LogP contribution in [0.5, 0.6) is 5.75 Å². The molecule has 7 nitrogen and oxygen atoms in total. The van der Waals surface area contributed by atoms with Crippen LogP contribution in [0.25, 0.3) is 11.0 Å². The first-order valence-corrected chi connectivity index (χ1v) is 10.4.